The van der Waals surface area contributed by atoms with Crippen LogP contribution in [0.15, 0.2) is 71.9 Å². The zero-order valence-electron chi connectivity index (χ0n) is 15.1. The number of pyridine rings is 1. The molecule has 27 heavy (non-hydrogen) atoms. The fourth-order valence-corrected chi connectivity index (χ4v) is 2.99. The molecule has 1 aromatic heterocycles. The van der Waals surface area contributed by atoms with E-state index in [0.717, 1.165) is 11.1 Å². The summed E-state index contributed by atoms with van der Waals surface area (Å²) in [4.78, 5) is 16.8. The van der Waals surface area contributed by atoms with Crippen LogP contribution in [-0.2, 0) is 17.8 Å². The summed E-state index contributed by atoms with van der Waals surface area (Å²) in [5.74, 6) is 1.19. The fourth-order valence-electron chi connectivity index (χ4n) is 2.99. The molecule has 0 atom stereocenters. The molecule has 1 amide bonds. The molecule has 0 saturated carbocycles. The van der Waals surface area contributed by atoms with Crippen molar-refractivity contribution in [2.75, 3.05) is 6.79 Å². The van der Waals surface area contributed by atoms with Crippen molar-refractivity contribution >= 4 is 5.91 Å². The molecule has 4 rings (SSSR count). The molecule has 0 unspecified atom stereocenters. The lowest BCUT2D eigenvalue weighted by molar-refractivity contribution is -0.117. The Morgan fingerprint density at radius 1 is 1.00 bits per heavy atom. The maximum absolute atomic E-state index is 12.5. The van der Waals surface area contributed by atoms with Crippen molar-refractivity contribution in [3.8, 4) is 11.5 Å². The first-order chi connectivity index (χ1) is 13.2. The molecule has 0 saturated heterocycles. The Morgan fingerprint density at radius 2 is 1.78 bits per heavy atom. The van der Waals surface area contributed by atoms with Crippen molar-refractivity contribution < 1.29 is 14.3 Å². The average molecular weight is 360 g/mol. The minimum atomic E-state index is -0.197. The summed E-state index contributed by atoms with van der Waals surface area (Å²) in [7, 11) is 0. The third-order valence-electron chi connectivity index (χ3n) is 4.42. The molecule has 0 radical (unpaired) electrons. The van der Waals surface area contributed by atoms with Gasteiger partial charge in [-0.3, -0.25) is 4.79 Å². The van der Waals surface area contributed by atoms with Crippen molar-refractivity contribution in [2.24, 2.45) is 4.99 Å². The monoisotopic (exact) mass is 360 g/mol. The number of carbonyl (C=O) groups excluding carboxylic acids is 1. The van der Waals surface area contributed by atoms with Crippen LogP contribution in [0, 0.1) is 6.92 Å². The SMILES string of the molecule is Cc1ccc(Cn2ccccc2=NC(=O)Cc2ccc3c(c2)OCO3)cc1. The van der Waals surface area contributed by atoms with Crippen LogP contribution < -0.4 is 15.0 Å². The Hall–Kier alpha value is -3.34. The van der Waals surface area contributed by atoms with Gasteiger partial charge in [0.15, 0.2) is 11.5 Å². The number of carbonyl (C=O) groups is 1. The molecule has 1 aliphatic rings. The van der Waals surface area contributed by atoms with Crippen molar-refractivity contribution in [3.63, 3.8) is 0 Å². The summed E-state index contributed by atoms with van der Waals surface area (Å²) in [6.45, 7) is 2.95. The number of amides is 1. The Morgan fingerprint density at radius 3 is 2.63 bits per heavy atom. The van der Waals surface area contributed by atoms with Gasteiger partial charge in [0.25, 0.3) is 5.91 Å². The lowest BCUT2D eigenvalue weighted by Gasteiger charge is -2.08. The quantitative estimate of drug-likeness (QED) is 0.718. The van der Waals surface area contributed by atoms with E-state index in [4.69, 9.17) is 9.47 Å². The minimum Gasteiger partial charge on any atom is -0.454 e. The van der Waals surface area contributed by atoms with Gasteiger partial charge < -0.3 is 14.0 Å². The molecule has 0 spiro atoms. The van der Waals surface area contributed by atoms with Gasteiger partial charge in [-0.05, 0) is 42.3 Å². The van der Waals surface area contributed by atoms with Gasteiger partial charge in [-0.25, -0.2) is 0 Å². The van der Waals surface area contributed by atoms with Gasteiger partial charge >= 0.3 is 0 Å². The average Bonchev–Trinajstić information content (AvgIpc) is 3.13. The van der Waals surface area contributed by atoms with Gasteiger partial charge in [-0.1, -0.05) is 42.0 Å². The molecule has 0 N–H and O–H groups in total. The number of aryl methyl sites for hydroxylation is 1. The Bertz CT molecular complexity index is 1040. The summed E-state index contributed by atoms with van der Waals surface area (Å²) in [6, 6.07) is 19.6. The Labute approximate surface area is 157 Å². The van der Waals surface area contributed by atoms with Gasteiger partial charge in [-0.2, -0.15) is 4.99 Å². The Kier molecular flexibility index (Phi) is 4.75. The number of hydrogen-bond acceptors (Lipinski definition) is 3. The van der Waals surface area contributed by atoms with E-state index < -0.39 is 0 Å². The molecule has 5 heteroatoms. The van der Waals surface area contributed by atoms with Gasteiger partial charge in [-0.15, -0.1) is 0 Å². The predicted molar refractivity (Wildman–Crippen MR) is 102 cm³/mol. The number of aromatic nitrogens is 1. The van der Waals surface area contributed by atoms with Gasteiger partial charge in [0.05, 0.1) is 6.42 Å². The number of benzene rings is 2. The molecular formula is C22H20N2O3. The standard InChI is InChI=1S/C22H20N2O3/c1-16-5-7-17(8-6-16)14-24-11-3-2-4-21(24)23-22(25)13-18-9-10-19-20(12-18)27-15-26-19/h2-12H,13-15H2,1H3. The summed E-state index contributed by atoms with van der Waals surface area (Å²) in [5, 5.41) is 0. The topological polar surface area (TPSA) is 52.8 Å². The second-order valence-electron chi connectivity index (χ2n) is 6.54. The number of hydrogen-bond donors (Lipinski definition) is 0. The first-order valence-electron chi connectivity index (χ1n) is 8.84. The largest absolute Gasteiger partial charge is 0.454 e. The zero-order valence-corrected chi connectivity index (χ0v) is 15.1. The summed E-state index contributed by atoms with van der Waals surface area (Å²) in [6.07, 6.45) is 2.16. The number of rotatable bonds is 4. The van der Waals surface area contributed by atoms with E-state index in [1.807, 2.05) is 47.2 Å². The van der Waals surface area contributed by atoms with Crippen molar-refractivity contribution in [3.05, 3.63) is 89.0 Å². The van der Waals surface area contributed by atoms with Crippen LogP contribution in [0.5, 0.6) is 11.5 Å². The highest BCUT2D eigenvalue weighted by atomic mass is 16.7. The van der Waals surface area contributed by atoms with Gasteiger partial charge in [0, 0.05) is 12.7 Å². The van der Waals surface area contributed by atoms with Crippen LogP contribution in [0.2, 0.25) is 0 Å². The smallest absolute Gasteiger partial charge is 0.252 e. The van der Waals surface area contributed by atoms with E-state index in [1.165, 1.54) is 5.56 Å². The predicted octanol–water partition coefficient (Wildman–Crippen LogP) is 3.24. The van der Waals surface area contributed by atoms with Crippen LogP contribution in [0.25, 0.3) is 0 Å². The first kappa shape index (κ1) is 17.1. The second-order valence-corrected chi connectivity index (χ2v) is 6.54. The molecular weight excluding hydrogens is 340 g/mol. The highest BCUT2D eigenvalue weighted by Crippen LogP contribution is 2.32. The third kappa shape index (κ3) is 4.08. The molecule has 136 valence electrons. The normalized spacial score (nSPS) is 13.0. The van der Waals surface area contributed by atoms with Gasteiger partial charge in [0.1, 0.15) is 5.49 Å². The Balaban J connectivity index is 1.54. The molecule has 1 aliphatic heterocycles. The van der Waals surface area contributed by atoms with Crippen molar-refractivity contribution in [1.82, 2.24) is 4.57 Å². The molecule has 3 aromatic rings. The maximum Gasteiger partial charge on any atom is 0.252 e. The van der Waals surface area contributed by atoms with E-state index in [0.29, 0.717) is 23.5 Å². The molecule has 5 nitrogen and oxygen atoms in total. The highest BCUT2D eigenvalue weighted by Gasteiger charge is 2.14. The van der Waals surface area contributed by atoms with E-state index in [-0.39, 0.29) is 19.1 Å². The van der Waals surface area contributed by atoms with Gasteiger partial charge in [0.2, 0.25) is 6.79 Å². The minimum absolute atomic E-state index is 0.197. The van der Waals surface area contributed by atoms with Crippen molar-refractivity contribution in [1.29, 1.82) is 0 Å². The first-order valence-corrected chi connectivity index (χ1v) is 8.84. The molecule has 0 aliphatic carbocycles. The van der Waals surface area contributed by atoms with E-state index >= 15 is 0 Å². The number of nitrogens with zero attached hydrogens (tertiary/aromatic N) is 2. The van der Waals surface area contributed by atoms with Crippen LogP contribution in [0.4, 0.5) is 0 Å². The van der Waals surface area contributed by atoms with Crippen LogP contribution in [-0.4, -0.2) is 17.3 Å². The lowest BCUT2D eigenvalue weighted by atomic mass is 10.1. The summed E-state index contributed by atoms with van der Waals surface area (Å²) >= 11 is 0. The number of ether oxygens (including phenoxy) is 2. The second kappa shape index (κ2) is 7.50. The van der Waals surface area contributed by atoms with E-state index in [2.05, 4.69) is 36.2 Å². The molecule has 0 bridgehead atoms. The van der Waals surface area contributed by atoms with Crippen LogP contribution in [0.3, 0.4) is 0 Å². The molecule has 0 fully saturated rings. The molecule has 2 heterocycles. The van der Waals surface area contributed by atoms with Crippen molar-refractivity contribution in [2.45, 2.75) is 19.9 Å². The lowest BCUT2D eigenvalue weighted by Crippen LogP contribution is -2.22. The molecule has 2 aromatic carbocycles. The van der Waals surface area contributed by atoms with Crippen LogP contribution >= 0.6 is 0 Å². The summed E-state index contributed by atoms with van der Waals surface area (Å²) in [5.41, 5.74) is 3.88. The number of fused-ring (bicyclic) bond motifs is 1. The third-order valence-corrected chi connectivity index (χ3v) is 4.42. The van der Waals surface area contributed by atoms with Crippen LogP contribution in [0.1, 0.15) is 16.7 Å². The van der Waals surface area contributed by atoms with E-state index in [9.17, 15) is 4.79 Å². The highest BCUT2D eigenvalue weighted by molar-refractivity contribution is 5.79. The maximum atomic E-state index is 12.5. The summed E-state index contributed by atoms with van der Waals surface area (Å²) < 4.78 is 12.6. The zero-order chi connectivity index (χ0) is 18.6. The van der Waals surface area contributed by atoms with E-state index in [1.54, 1.807) is 0 Å². The fraction of sp³-hybridized carbons (Fsp3) is 0.182.